The molecule has 2 aliphatic rings. The molecule has 6 nitrogen and oxygen atoms in total. The maximum atomic E-state index is 10.3. The fourth-order valence-corrected chi connectivity index (χ4v) is 3.83. The molecule has 0 aliphatic carbocycles. The van der Waals surface area contributed by atoms with Gasteiger partial charge in [-0.05, 0) is 13.3 Å². The van der Waals surface area contributed by atoms with Crippen molar-refractivity contribution in [1.29, 1.82) is 0 Å². The van der Waals surface area contributed by atoms with E-state index < -0.39 is 30.5 Å². The van der Waals surface area contributed by atoms with Gasteiger partial charge in [0.2, 0.25) is 0 Å². The van der Waals surface area contributed by atoms with E-state index in [1.54, 1.807) is 0 Å². The molecule has 1 fully saturated rings. The number of hydrogen-bond donors (Lipinski definition) is 3. The van der Waals surface area contributed by atoms with Crippen molar-refractivity contribution in [1.82, 2.24) is 4.90 Å². The summed E-state index contributed by atoms with van der Waals surface area (Å²) < 4.78 is 5.84. The Morgan fingerprint density at radius 1 is 1.33 bits per heavy atom. The first-order chi connectivity index (χ1) is 9.99. The number of aliphatic hydroxyl groups excluding tert-OH is 3. The number of amidine groups is 1. The monoisotopic (exact) mass is 318 g/mol. The SMILES string of the molecule is CCCC[C@H](O)[C@H]1O[C@@H]2SC(N(C)CC)=N[C@@H]2[C@@H](O)[C@@H]1O. The van der Waals surface area contributed by atoms with Crippen molar-refractivity contribution in [2.75, 3.05) is 13.6 Å². The summed E-state index contributed by atoms with van der Waals surface area (Å²) in [5, 5.41) is 31.5. The number of rotatable bonds is 5. The van der Waals surface area contributed by atoms with Gasteiger partial charge < -0.3 is 25.0 Å². The van der Waals surface area contributed by atoms with Gasteiger partial charge in [0.1, 0.15) is 29.8 Å². The summed E-state index contributed by atoms with van der Waals surface area (Å²) in [6.45, 7) is 4.88. The van der Waals surface area contributed by atoms with Crippen LogP contribution in [-0.2, 0) is 4.74 Å². The first-order valence-corrected chi connectivity index (χ1v) is 8.52. The van der Waals surface area contributed by atoms with Crippen LogP contribution in [0.1, 0.15) is 33.1 Å². The van der Waals surface area contributed by atoms with Gasteiger partial charge in [-0.3, -0.25) is 4.99 Å². The summed E-state index contributed by atoms with van der Waals surface area (Å²) in [5.74, 6) is 0. The van der Waals surface area contributed by atoms with Crippen molar-refractivity contribution in [3.05, 3.63) is 0 Å². The molecule has 1 saturated heterocycles. The molecule has 0 aromatic rings. The number of thioether (sulfide) groups is 1. The van der Waals surface area contributed by atoms with E-state index in [1.807, 2.05) is 25.8 Å². The molecule has 2 rings (SSSR count). The van der Waals surface area contributed by atoms with Gasteiger partial charge in [-0.1, -0.05) is 31.5 Å². The third kappa shape index (κ3) is 3.53. The Labute approximate surface area is 130 Å². The molecule has 0 saturated carbocycles. The molecule has 0 spiro atoms. The zero-order valence-corrected chi connectivity index (χ0v) is 13.7. The standard InChI is InChI=1S/C14H26N2O4S/c1-4-6-7-8(17)12-11(19)10(18)9-13(20-12)21-14(15-9)16(3)5-2/h8-13,17-19H,4-7H2,1-3H3/t8-,9+,10+,11-,12+,13+/m0/s1. The Hall–Kier alpha value is -0.340. The molecule has 0 amide bonds. The number of hydrogen-bond acceptors (Lipinski definition) is 7. The minimum atomic E-state index is -1.10. The molecule has 7 heteroatoms. The molecule has 122 valence electrons. The minimum absolute atomic E-state index is 0.339. The Morgan fingerprint density at radius 3 is 2.67 bits per heavy atom. The van der Waals surface area contributed by atoms with Gasteiger partial charge in [-0.15, -0.1) is 0 Å². The quantitative estimate of drug-likeness (QED) is 0.681. The molecular formula is C14H26N2O4S. The molecule has 2 heterocycles. The van der Waals surface area contributed by atoms with Gasteiger partial charge in [0.05, 0.1) is 6.10 Å². The van der Waals surface area contributed by atoms with Crippen LogP contribution < -0.4 is 0 Å². The zero-order chi connectivity index (χ0) is 15.6. The highest BCUT2D eigenvalue weighted by atomic mass is 32.2. The average Bonchev–Trinajstić information content (AvgIpc) is 2.91. The summed E-state index contributed by atoms with van der Waals surface area (Å²) in [4.78, 5) is 6.44. The van der Waals surface area contributed by atoms with Crippen molar-refractivity contribution in [2.45, 2.75) is 69.0 Å². The van der Waals surface area contributed by atoms with Crippen LogP contribution in [0.2, 0.25) is 0 Å². The Morgan fingerprint density at radius 2 is 2.05 bits per heavy atom. The van der Waals surface area contributed by atoms with Gasteiger partial charge >= 0.3 is 0 Å². The first-order valence-electron chi connectivity index (χ1n) is 7.64. The maximum absolute atomic E-state index is 10.3. The molecule has 3 N–H and O–H groups in total. The fraction of sp³-hybridized carbons (Fsp3) is 0.929. The number of aliphatic hydroxyl groups is 3. The highest BCUT2D eigenvalue weighted by Crippen LogP contribution is 2.38. The Bertz CT molecular complexity index is 382. The van der Waals surface area contributed by atoms with Gasteiger partial charge in [0.15, 0.2) is 5.17 Å². The lowest BCUT2D eigenvalue weighted by atomic mass is 9.93. The van der Waals surface area contributed by atoms with Crippen LogP contribution in [-0.4, -0.2) is 74.9 Å². The predicted octanol–water partition coefficient (Wildman–Crippen LogP) is 0.407. The Kier molecular flexibility index (Phi) is 5.90. The first kappa shape index (κ1) is 17.0. The van der Waals surface area contributed by atoms with Crippen LogP contribution in [0.25, 0.3) is 0 Å². The van der Waals surface area contributed by atoms with E-state index in [1.165, 1.54) is 11.8 Å². The second kappa shape index (κ2) is 7.28. The van der Waals surface area contributed by atoms with E-state index >= 15 is 0 Å². The molecule has 0 aromatic heterocycles. The van der Waals surface area contributed by atoms with Crippen LogP contribution in [0.3, 0.4) is 0 Å². The number of ether oxygens (including phenoxy) is 1. The van der Waals surface area contributed by atoms with Crippen molar-refractivity contribution in [2.24, 2.45) is 4.99 Å². The van der Waals surface area contributed by atoms with Gasteiger partial charge in [-0.2, -0.15) is 0 Å². The summed E-state index contributed by atoms with van der Waals surface area (Å²) in [6.07, 6.45) is -1.21. The predicted molar refractivity (Wildman–Crippen MR) is 83.3 cm³/mol. The Balaban J connectivity index is 2.05. The molecule has 6 atom stereocenters. The summed E-state index contributed by atoms with van der Waals surface area (Å²) in [6, 6.07) is -0.469. The van der Waals surface area contributed by atoms with E-state index in [2.05, 4.69) is 4.99 Å². The van der Waals surface area contributed by atoms with Gasteiger partial charge in [-0.25, -0.2) is 0 Å². The highest BCUT2D eigenvalue weighted by molar-refractivity contribution is 8.14. The van der Waals surface area contributed by atoms with Crippen molar-refractivity contribution in [3.8, 4) is 0 Å². The largest absolute Gasteiger partial charge is 0.390 e. The van der Waals surface area contributed by atoms with E-state index in [4.69, 9.17) is 4.74 Å². The zero-order valence-electron chi connectivity index (χ0n) is 12.8. The van der Waals surface area contributed by atoms with Crippen molar-refractivity contribution >= 4 is 16.9 Å². The smallest absolute Gasteiger partial charge is 0.162 e. The van der Waals surface area contributed by atoms with Crippen LogP contribution in [0, 0.1) is 0 Å². The molecule has 0 aromatic carbocycles. The van der Waals surface area contributed by atoms with E-state index in [0.29, 0.717) is 6.42 Å². The van der Waals surface area contributed by atoms with Gasteiger partial charge in [0.25, 0.3) is 0 Å². The molecule has 0 bridgehead atoms. The molecular weight excluding hydrogens is 292 g/mol. The molecule has 21 heavy (non-hydrogen) atoms. The number of unbranched alkanes of at least 4 members (excludes halogenated alkanes) is 1. The highest BCUT2D eigenvalue weighted by Gasteiger charge is 2.50. The third-order valence-corrected chi connectivity index (χ3v) is 5.37. The molecule has 2 aliphatic heterocycles. The van der Waals surface area contributed by atoms with Crippen LogP contribution in [0.4, 0.5) is 0 Å². The number of fused-ring (bicyclic) bond motifs is 1. The topological polar surface area (TPSA) is 85.5 Å². The lowest BCUT2D eigenvalue weighted by molar-refractivity contribution is -0.185. The normalized spacial score (nSPS) is 37.0. The van der Waals surface area contributed by atoms with Crippen LogP contribution in [0.15, 0.2) is 4.99 Å². The lowest BCUT2D eigenvalue weighted by Crippen LogP contribution is -2.58. The second-order valence-electron chi connectivity index (χ2n) is 5.69. The second-order valence-corrected chi connectivity index (χ2v) is 6.76. The number of aliphatic imine (C=N–C) groups is 1. The fourth-order valence-electron chi connectivity index (χ4n) is 2.59. The van der Waals surface area contributed by atoms with Gasteiger partial charge in [0, 0.05) is 13.6 Å². The molecule has 0 radical (unpaired) electrons. The summed E-state index contributed by atoms with van der Waals surface area (Å²) in [7, 11) is 1.93. The number of nitrogens with zero attached hydrogens (tertiary/aromatic N) is 2. The molecule has 0 unspecified atom stereocenters. The maximum Gasteiger partial charge on any atom is 0.162 e. The summed E-state index contributed by atoms with van der Waals surface area (Å²) in [5.41, 5.74) is -0.339. The third-order valence-electron chi connectivity index (χ3n) is 4.12. The van der Waals surface area contributed by atoms with E-state index in [0.717, 1.165) is 24.6 Å². The van der Waals surface area contributed by atoms with E-state index in [-0.39, 0.29) is 5.44 Å². The van der Waals surface area contributed by atoms with Crippen LogP contribution in [0.5, 0.6) is 0 Å². The van der Waals surface area contributed by atoms with Crippen molar-refractivity contribution in [3.63, 3.8) is 0 Å². The van der Waals surface area contributed by atoms with E-state index in [9.17, 15) is 15.3 Å². The minimum Gasteiger partial charge on any atom is -0.390 e. The van der Waals surface area contributed by atoms with Crippen LogP contribution >= 0.6 is 11.8 Å². The summed E-state index contributed by atoms with van der Waals surface area (Å²) >= 11 is 1.45. The van der Waals surface area contributed by atoms with Crippen molar-refractivity contribution < 1.29 is 20.1 Å². The average molecular weight is 318 g/mol. The lowest BCUT2D eigenvalue weighted by Gasteiger charge is -2.40.